The molecule has 0 radical (unpaired) electrons. The van der Waals surface area contributed by atoms with Crippen LogP contribution in [0.5, 0.6) is 0 Å². The molecule has 13 atom stereocenters. The van der Waals surface area contributed by atoms with Gasteiger partial charge in [0.25, 0.3) is 0 Å². The Labute approximate surface area is 257 Å². The second-order valence-electron chi connectivity index (χ2n) is 15.4. The fraction of sp³-hybridized carbons (Fsp3) is 0.765. The van der Waals surface area contributed by atoms with Crippen LogP contribution in [0.15, 0.2) is 23.8 Å². The molecule has 0 spiro atoms. The molecule has 1 unspecified atom stereocenters. The Morgan fingerprint density at radius 2 is 1.80 bits per heavy atom. The second kappa shape index (κ2) is 9.85. The third-order valence-electron chi connectivity index (χ3n) is 13.5. The van der Waals surface area contributed by atoms with E-state index in [0.29, 0.717) is 18.3 Å². The predicted octanol–water partition coefficient (Wildman–Crippen LogP) is 5.58. The molecule has 0 heterocycles. The number of aliphatic hydroxyl groups excluding tert-OH is 1. The van der Waals surface area contributed by atoms with E-state index in [0.717, 1.165) is 12.5 Å². The van der Waals surface area contributed by atoms with Crippen LogP contribution >= 0.6 is 0 Å². The smallest absolute Gasteiger partial charge is 0.447 e. The number of hydrogen-bond acceptors (Lipinski definition) is 8. The molecule has 7 aliphatic rings. The number of nitriles is 1. The SMILES string of the molecule is C[C@@H]1[C@H]2C[C@@H](C[C@H]1OC(=O)O[C@@]1(C(=O)OCC#N)[C@H](C)C[C@H]3[C@@H]4C[C@H](F)C5=CC(=O)C=C[C@]5(C)C4(F)[C@@H](O)C[C@@]31C)C2(C)C. The summed E-state index contributed by atoms with van der Waals surface area (Å²) in [5.74, 6) is -3.05. The van der Waals surface area contributed by atoms with Gasteiger partial charge in [-0.15, -0.1) is 0 Å². The van der Waals surface area contributed by atoms with Crippen molar-refractivity contribution >= 4 is 17.9 Å². The average Bonchev–Trinajstić information content (AvgIpc) is 3.17. The van der Waals surface area contributed by atoms with Crippen molar-refractivity contribution in [2.45, 2.75) is 103 Å². The van der Waals surface area contributed by atoms with E-state index in [2.05, 4.69) is 20.8 Å². The zero-order valence-corrected chi connectivity index (χ0v) is 26.3. The highest BCUT2D eigenvalue weighted by molar-refractivity contribution is 6.01. The molecule has 0 aromatic heterocycles. The maximum absolute atomic E-state index is 17.6. The van der Waals surface area contributed by atoms with Crippen molar-refractivity contribution < 1.29 is 42.5 Å². The molecule has 44 heavy (non-hydrogen) atoms. The molecule has 0 aromatic rings. The molecule has 0 aliphatic heterocycles. The summed E-state index contributed by atoms with van der Waals surface area (Å²) in [6.07, 6.45) is 0.196. The molecule has 0 amide bonds. The van der Waals surface area contributed by atoms with E-state index >= 15 is 8.78 Å². The van der Waals surface area contributed by atoms with Crippen LogP contribution in [-0.2, 0) is 23.8 Å². The number of alkyl halides is 2. The highest BCUT2D eigenvalue weighted by Gasteiger charge is 2.79. The molecule has 240 valence electrons. The number of esters is 1. The number of hydrogen-bond donors (Lipinski definition) is 1. The largest absolute Gasteiger partial charge is 0.509 e. The Bertz CT molecular complexity index is 1390. The van der Waals surface area contributed by atoms with E-state index in [1.165, 1.54) is 19.1 Å². The van der Waals surface area contributed by atoms with Crippen LogP contribution in [0.2, 0.25) is 0 Å². The van der Waals surface area contributed by atoms with E-state index in [9.17, 15) is 24.8 Å². The standard InChI is InChI=1S/C34H43F2NO7/c1-17-11-22-23-15-25(35)24-14-20(38)7-8-31(24,5)33(23,36)27(39)16-32(22,6)34(17,28(40)42-10-9-37)44-29(41)43-26-13-19-12-21(18(26)2)30(19,3)4/h7-8,14,17-19,21-23,25-27,39H,10-13,15-16H2,1-6H3/t17-,18-,19+,21-,22+,23+,25+,26-,27+,31+,32+,33?,34-/m1/s1. The highest BCUT2D eigenvalue weighted by atomic mass is 19.1. The maximum Gasteiger partial charge on any atom is 0.509 e. The zero-order chi connectivity index (χ0) is 32.2. The number of halogens is 2. The second-order valence-corrected chi connectivity index (χ2v) is 15.4. The molecule has 7 aliphatic carbocycles. The first-order chi connectivity index (χ1) is 20.5. The van der Waals surface area contributed by atoms with Crippen LogP contribution in [0.1, 0.15) is 73.6 Å². The summed E-state index contributed by atoms with van der Waals surface area (Å²) in [5.41, 5.74) is -7.20. The molecule has 6 fully saturated rings. The summed E-state index contributed by atoms with van der Waals surface area (Å²) in [5, 5.41) is 20.9. The summed E-state index contributed by atoms with van der Waals surface area (Å²) >= 11 is 0. The van der Waals surface area contributed by atoms with Crippen LogP contribution < -0.4 is 0 Å². The van der Waals surface area contributed by atoms with Crippen molar-refractivity contribution in [3.63, 3.8) is 0 Å². The van der Waals surface area contributed by atoms with Crippen LogP contribution in [0.25, 0.3) is 0 Å². The zero-order valence-electron chi connectivity index (χ0n) is 26.3. The molecule has 6 saturated carbocycles. The number of ether oxygens (including phenoxy) is 3. The number of ketones is 1. The predicted molar refractivity (Wildman–Crippen MR) is 153 cm³/mol. The normalized spacial score (nSPS) is 49.7. The van der Waals surface area contributed by atoms with Crippen LogP contribution in [-0.4, -0.2) is 59.3 Å². The molecule has 10 heteroatoms. The number of allylic oxidation sites excluding steroid dienone is 4. The third-order valence-corrected chi connectivity index (χ3v) is 13.5. The summed E-state index contributed by atoms with van der Waals surface area (Å²) in [7, 11) is 0. The lowest BCUT2D eigenvalue weighted by Gasteiger charge is -2.63. The Morgan fingerprint density at radius 3 is 2.43 bits per heavy atom. The van der Waals surface area contributed by atoms with Gasteiger partial charge in [-0.3, -0.25) is 4.79 Å². The maximum atomic E-state index is 17.6. The first kappa shape index (κ1) is 31.2. The number of carbonyl (C=O) groups excluding carboxylic acids is 3. The van der Waals surface area contributed by atoms with E-state index in [4.69, 9.17) is 14.2 Å². The van der Waals surface area contributed by atoms with Crippen molar-refractivity contribution in [3.8, 4) is 6.07 Å². The minimum atomic E-state index is -2.36. The van der Waals surface area contributed by atoms with E-state index in [1.807, 2.05) is 0 Å². The molecule has 8 nitrogen and oxygen atoms in total. The van der Waals surface area contributed by atoms with Crippen molar-refractivity contribution in [1.82, 2.24) is 0 Å². The summed E-state index contributed by atoms with van der Waals surface area (Å²) in [6, 6.07) is 1.77. The Morgan fingerprint density at radius 1 is 1.09 bits per heavy atom. The summed E-state index contributed by atoms with van der Waals surface area (Å²) in [4.78, 5) is 39.7. The van der Waals surface area contributed by atoms with Crippen molar-refractivity contribution in [2.75, 3.05) is 6.61 Å². The van der Waals surface area contributed by atoms with Crippen molar-refractivity contribution in [3.05, 3.63) is 23.8 Å². The van der Waals surface area contributed by atoms with Gasteiger partial charge in [0, 0.05) is 22.7 Å². The monoisotopic (exact) mass is 615 g/mol. The van der Waals surface area contributed by atoms with Gasteiger partial charge in [-0.1, -0.05) is 40.7 Å². The topological polar surface area (TPSA) is 123 Å². The van der Waals surface area contributed by atoms with Gasteiger partial charge in [-0.2, -0.15) is 5.26 Å². The van der Waals surface area contributed by atoms with Crippen molar-refractivity contribution in [2.24, 2.45) is 51.8 Å². The lowest BCUT2D eigenvalue weighted by atomic mass is 9.44. The van der Waals surface area contributed by atoms with Crippen LogP contribution in [0.3, 0.4) is 0 Å². The van der Waals surface area contributed by atoms with E-state index in [-0.39, 0.29) is 36.2 Å². The number of aliphatic hydroxyl groups is 1. The van der Waals surface area contributed by atoms with Crippen molar-refractivity contribution in [1.29, 1.82) is 5.26 Å². The first-order valence-electron chi connectivity index (χ1n) is 15.9. The molecule has 7 rings (SSSR count). The lowest BCUT2D eigenvalue weighted by Crippen LogP contribution is -2.71. The van der Waals surface area contributed by atoms with Gasteiger partial charge in [-0.05, 0) is 85.8 Å². The fourth-order valence-corrected chi connectivity index (χ4v) is 11.0. The first-order valence-corrected chi connectivity index (χ1v) is 15.9. The molecule has 0 aromatic carbocycles. The van der Waals surface area contributed by atoms with Gasteiger partial charge >= 0.3 is 12.1 Å². The minimum Gasteiger partial charge on any atom is -0.447 e. The van der Waals surface area contributed by atoms with E-state index < -0.39 is 82.7 Å². The molecule has 0 saturated heterocycles. The molecule has 1 N–H and O–H groups in total. The molecular formula is C34H43F2NO7. The summed E-state index contributed by atoms with van der Waals surface area (Å²) < 4.78 is 50.8. The molecule has 2 bridgehead atoms. The Hall–Kier alpha value is -2.80. The van der Waals surface area contributed by atoms with Crippen LogP contribution in [0, 0.1) is 63.1 Å². The van der Waals surface area contributed by atoms with Gasteiger partial charge in [0.05, 0.1) is 6.10 Å². The quantitative estimate of drug-likeness (QED) is 0.407. The van der Waals surface area contributed by atoms with E-state index in [1.54, 1.807) is 19.9 Å². The number of nitrogens with zero attached hydrogens (tertiary/aromatic N) is 1. The van der Waals surface area contributed by atoms with Crippen LogP contribution in [0.4, 0.5) is 13.6 Å². The van der Waals surface area contributed by atoms with Gasteiger partial charge in [-0.25, -0.2) is 18.4 Å². The number of rotatable bonds is 4. The minimum absolute atomic E-state index is 0.000188. The number of fused-ring (bicyclic) bond motifs is 7. The molecular weight excluding hydrogens is 572 g/mol. The summed E-state index contributed by atoms with van der Waals surface area (Å²) in [6.45, 7) is 10.8. The Balaban J connectivity index is 1.36. The van der Waals surface area contributed by atoms with Gasteiger partial charge in [0.15, 0.2) is 18.1 Å². The lowest BCUT2D eigenvalue weighted by molar-refractivity contribution is -0.236. The third kappa shape index (κ3) is 3.77. The van der Waals surface area contributed by atoms with Gasteiger partial charge in [0.1, 0.15) is 18.3 Å². The van der Waals surface area contributed by atoms with Gasteiger partial charge < -0.3 is 19.3 Å². The fourth-order valence-electron chi connectivity index (χ4n) is 11.0. The Kier molecular flexibility index (Phi) is 6.98. The van der Waals surface area contributed by atoms with Gasteiger partial charge in [0.2, 0.25) is 5.60 Å². The highest BCUT2D eigenvalue weighted by Crippen LogP contribution is 2.72. The average molecular weight is 616 g/mol. The number of carbonyl (C=O) groups is 3.